The van der Waals surface area contributed by atoms with E-state index in [1.807, 2.05) is 6.07 Å². The van der Waals surface area contributed by atoms with Crippen LogP contribution in [0.4, 0.5) is 0 Å². The number of thiocarbonyl (C=S) groups is 1. The zero-order valence-corrected chi connectivity index (χ0v) is 13.0. The molecule has 108 valence electrons. The van der Waals surface area contributed by atoms with E-state index in [0.29, 0.717) is 0 Å². The van der Waals surface area contributed by atoms with Crippen molar-refractivity contribution in [1.29, 1.82) is 0 Å². The number of nitrogens with one attached hydrogen (secondary N) is 2. The topological polar surface area (TPSA) is 24.1 Å². The lowest BCUT2D eigenvalue weighted by Crippen LogP contribution is -2.47. The van der Waals surface area contributed by atoms with Crippen molar-refractivity contribution in [3.8, 4) is 0 Å². The van der Waals surface area contributed by atoms with Gasteiger partial charge in [-0.25, -0.2) is 0 Å². The molecule has 1 aliphatic heterocycles. The van der Waals surface area contributed by atoms with Crippen LogP contribution in [0.25, 0.3) is 0 Å². The Kier molecular flexibility index (Phi) is 4.32. The standard InChI is InChI=1S/C18H20N2S/c1-13(14-7-3-2-4-8-14)20-18(21)17-11-15-9-5-6-10-16(15)12-19-17/h2-10,13,17,19H,11-12H2,1H3,(H,20,21)/t13-,17?/m1/s1. The molecule has 2 aromatic rings. The highest BCUT2D eigenvalue weighted by molar-refractivity contribution is 7.80. The van der Waals surface area contributed by atoms with Crippen LogP contribution in [-0.2, 0) is 13.0 Å². The summed E-state index contributed by atoms with van der Waals surface area (Å²) in [6.07, 6.45) is 0.962. The van der Waals surface area contributed by atoms with E-state index in [4.69, 9.17) is 12.2 Å². The molecule has 0 fully saturated rings. The summed E-state index contributed by atoms with van der Waals surface area (Å²) in [5.41, 5.74) is 4.04. The van der Waals surface area contributed by atoms with E-state index in [1.165, 1.54) is 16.7 Å². The first-order valence-electron chi connectivity index (χ1n) is 7.39. The van der Waals surface area contributed by atoms with Gasteiger partial charge >= 0.3 is 0 Å². The summed E-state index contributed by atoms with van der Waals surface area (Å²) in [6, 6.07) is 19.4. The van der Waals surface area contributed by atoms with E-state index in [1.54, 1.807) is 0 Å². The van der Waals surface area contributed by atoms with E-state index >= 15 is 0 Å². The van der Waals surface area contributed by atoms with Gasteiger partial charge in [-0.15, -0.1) is 0 Å². The highest BCUT2D eigenvalue weighted by atomic mass is 32.1. The van der Waals surface area contributed by atoms with Crippen molar-refractivity contribution in [1.82, 2.24) is 10.6 Å². The van der Waals surface area contributed by atoms with Crippen LogP contribution in [0.2, 0.25) is 0 Å². The lowest BCUT2D eigenvalue weighted by Gasteiger charge is -2.29. The zero-order chi connectivity index (χ0) is 14.7. The van der Waals surface area contributed by atoms with Crippen molar-refractivity contribution < 1.29 is 0 Å². The number of hydrogen-bond donors (Lipinski definition) is 2. The molecule has 0 radical (unpaired) electrons. The van der Waals surface area contributed by atoms with Crippen LogP contribution in [0.3, 0.4) is 0 Å². The van der Waals surface area contributed by atoms with Crippen LogP contribution in [-0.4, -0.2) is 11.0 Å². The fraction of sp³-hybridized carbons (Fsp3) is 0.278. The molecule has 0 saturated carbocycles. The van der Waals surface area contributed by atoms with Gasteiger partial charge in [0.25, 0.3) is 0 Å². The average molecular weight is 296 g/mol. The van der Waals surface area contributed by atoms with Gasteiger partial charge in [-0.1, -0.05) is 66.8 Å². The first-order valence-corrected chi connectivity index (χ1v) is 7.80. The molecule has 1 aliphatic rings. The first-order chi connectivity index (χ1) is 10.2. The highest BCUT2D eigenvalue weighted by Crippen LogP contribution is 2.18. The Hall–Kier alpha value is -1.71. The van der Waals surface area contributed by atoms with E-state index in [0.717, 1.165) is 18.0 Å². The molecule has 0 bridgehead atoms. The maximum Gasteiger partial charge on any atom is 0.0934 e. The molecule has 0 aliphatic carbocycles. The SMILES string of the molecule is C[C@@H](NC(=S)C1Cc2ccccc2CN1)c1ccccc1. The van der Waals surface area contributed by atoms with Gasteiger partial charge in [-0.2, -0.15) is 0 Å². The Labute approximate surface area is 131 Å². The van der Waals surface area contributed by atoms with Gasteiger partial charge in [0.1, 0.15) is 0 Å². The summed E-state index contributed by atoms with van der Waals surface area (Å²) in [5, 5.41) is 6.99. The number of rotatable bonds is 3. The van der Waals surface area contributed by atoms with Crippen LogP contribution in [0.15, 0.2) is 54.6 Å². The van der Waals surface area contributed by atoms with Gasteiger partial charge in [0, 0.05) is 12.6 Å². The van der Waals surface area contributed by atoms with Crippen molar-refractivity contribution in [3.05, 3.63) is 71.3 Å². The molecule has 1 heterocycles. The van der Waals surface area contributed by atoms with Crippen LogP contribution < -0.4 is 10.6 Å². The van der Waals surface area contributed by atoms with Crippen LogP contribution in [0.1, 0.15) is 29.7 Å². The molecule has 3 heteroatoms. The second-order valence-electron chi connectivity index (χ2n) is 5.55. The number of benzene rings is 2. The Morgan fingerprint density at radius 3 is 2.52 bits per heavy atom. The smallest absolute Gasteiger partial charge is 0.0934 e. The van der Waals surface area contributed by atoms with Gasteiger partial charge in [-0.3, -0.25) is 0 Å². The maximum atomic E-state index is 5.61. The predicted octanol–water partition coefficient (Wildman–Crippen LogP) is 3.38. The summed E-state index contributed by atoms with van der Waals surface area (Å²) in [5.74, 6) is 0. The Morgan fingerprint density at radius 1 is 1.10 bits per heavy atom. The van der Waals surface area contributed by atoms with Crippen LogP contribution >= 0.6 is 12.2 Å². The van der Waals surface area contributed by atoms with E-state index in [9.17, 15) is 0 Å². The minimum atomic E-state index is 0.223. The molecule has 0 aromatic heterocycles. The minimum Gasteiger partial charge on any atom is -0.372 e. The molecule has 0 amide bonds. The quantitative estimate of drug-likeness (QED) is 0.849. The minimum absolute atomic E-state index is 0.223. The lowest BCUT2D eigenvalue weighted by atomic mass is 9.95. The maximum absolute atomic E-state index is 5.61. The summed E-state index contributed by atoms with van der Waals surface area (Å²) < 4.78 is 0. The Morgan fingerprint density at radius 2 is 1.76 bits per heavy atom. The molecule has 0 spiro atoms. The molecule has 21 heavy (non-hydrogen) atoms. The lowest BCUT2D eigenvalue weighted by molar-refractivity contribution is 0.560. The van der Waals surface area contributed by atoms with Crippen molar-refractivity contribution in [2.24, 2.45) is 0 Å². The largest absolute Gasteiger partial charge is 0.372 e. The van der Waals surface area contributed by atoms with Gasteiger partial charge in [-0.05, 0) is 30.0 Å². The molecular formula is C18H20N2S. The van der Waals surface area contributed by atoms with Crippen molar-refractivity contribution in [2.75, 3.05) is 0 Å². The fourth-order valence-electron chi connectivity index (χ4n) is 2.78. The number of fused-ring (bicyclic) bond motifs is 1. The third-order valence-corrected chi connectivity index (χ3v) is 4.46. The fourth-order valence-corrected chi connectivity index (χ4v) is 3.12. The number of hydrogen-bond acceptors (Lipinski definition) is 2. The predicted molar refractivity (Wildman–Crippen MR) is 91.4 cm³/mol. The Balaban J connectivity index is 1.65. The van der Waals surface area contributed by atoms with Gasteiger partial charge in [0.05, 0.1) is 11.0 Å². The molecular weight excluding hydrogens is 276 g/mol. The van der Waals surface area contributed by atoms with Crippen LogP contribution in [0, 0.1) is 0 Å². The average Bonchev–Trinajstić information content (AvgIpc) is 2.55. The second kappa shape index (κ2) is 6.37. The molecule has 2 aromatic carbocycles. The van der Waals surface area contributed by atoms with E-state index in [2.05, 4.69) is 66.1 Å². The van der Waals surface area contributed by atoms with Crippen LogP contribution in [0.5, 0.6) is 0 Å². The summed E-state index contributed by atoms with van der Waals surface area (Å²) in [7, 11) is 0. The van der Waals surface area contributed by atoms with Crippen molar-refractivity contribution in [3.63, 3.8) is 0 Å². The van der Waals surface area contributed by atoms with Gasteiger partial charge in [0.15, 0.2) is 0 Å². The monoisotopic (exact) mass is 296 g/mol. The summed E-state index contributed by atoms with van der Waals surface area (Å²) >= 11 is 5.61. The highest BCUT2D eigenvalue weighted by Gasteiger charge is 2.22. The summed E-state index contributed by atoms with van der Waals surface area (Å²) in [6.45, 7) is 3.04. The Bertz CT molecular complexity index is 624. The van der Waals surface area contributed by atoms with Gasteiger partial charge < -0.3 is 10.6 Å². The van der Waals surface area contributed by atoms with Gasteiger partial charge in [0.2, 0.25) is 0 Å². The molecule has 2 atom stereocenters. The molecule has 3 rings (SSSR count). The summed E-state index contributed by atoms with van der Waals surface area (Å²) in [4.78, 5) is 0.904. The van der Waals surface area contributed by atoms with Crippen molar-refractivity contribution in [2.45, 2.75) is 32.0 Å². The van der Waals surface area contributed by atoms with Crippen molar-refractivity contribution >= 4 is 17.2 Å². The first kappa shape index (κ1) is 14.2. The third kappa shape index (κ3) is 3.31. The molecule has 1 unspecified atom stereocenters. The zero-order valence-electron chi connectivity index (χ0n) is 12.2. The molecule has 2 N–H and O–H groups in total. The second-order valence-corrected chi connectivity index (χ2v) is 5.99. The molecule has 0 saturated heterocycles. The van der Waals surface area contributed by atoms with E-state index in [-0.39, 0.29) is 12.1 Å². The normalized spacial score (nSPS) is 18.6. The molecule has 2 nitrogen and oxygen atoms in total. The van der Waals surface area contributed by atoms with E-state index < -0.39 is 0 Å². The third-order valence-electron chi connectivity index (χ3n) is 4.06.